The highest BCUT2D eigenvalue weighted by atomic mass is 15.3. The minimum absolute atomic E-state index is 0.431. The lowest BCUT2D eigenvalue weighted by molar-refractivity contribution is 0.0336. The van der Waals surface area contributed by atoms with Gasteiger partial charge in [0.05, 0.1) is 0 Å². The highest BCUT2D eigenvalue weighted by molar-refractivity contribution is 4.96. The van der Waals surface area contributed by atoms with E-state index in [2.05, 4.69) is 37.9 Å². The predicted molar refractivity (Wildman–Crippen MR) is 71.9 cm³/mol. The van der Waals surface area contributed by atoms with Crippen LogP contribution in [0, 0.1) is 0 Å². The molecular weight excluding hydrogens is 196 g/mol. The van der Waals surface area contributed by atoms with Gasteiger partial charge in [0.1, 0.15) is 0 Å². The fourth-order valence-electron chi connectivity index (χ4n) is 2.89. The third-order valence-electron chi connectivity index (χ3n) is 4.29. The van der Waals surface area contributed by atoms with Gasteiger partial charge in [-0.25, -0.2) is 0 Å². The van der Waals surface area contributed by atoms with Crippen LogP contribution in [0.5, 0.6) is 0 Å². The van der Waals surface area contributed by atoms with E-state index in [-0.39, 0.29) is 0 Å². The quantitative estimate of drug-likeness (QED) is 0.700. The number of unbranched alkanes of at least 4 members (excludes halogenated alkanes) is 2. The Kier molecular flexibility index (Phi) is 5.77. The van der Waals surface area contributed by atoms with Crippen molar-refractivity contribution in [2.75, 3.05) is 19.6 Å². The topological polar surface area (TPSA) is 15.3 Å². The Balaban J connectivity index is 2.57. The second-order valence-corrected chi connectivity index (χ2v) is 5.37. The van der Waals surface area contributed by atoms with Crippen molar-refractivity contribution < 1.29 is 0 Å². The first-order chi connectivity index (χ1) is 7.68. The average molecular weight is 226 g/mol. The molecule has 1 fully saturated rings. The summed E-state index contributed by atoms with van der Waals surface area (Å²) in [6, 6.07) is 0.660. The molecule has 1 unspecified atom stereocenters. The Hall–Kier alpha value is -0.0800. The molecule has 0 bridgehead atoms. The van der Waals surface area contributed by atoms with Gasteiger partial charge in [0.25, 0.3) is 0 Å². The van der Waals surface area contributed by atoms with E-state index in [1.807, 2.05) is 0 Å². The van der Waals surface area contributed by atoms with Crippen LogP contribution in [-0.2, 0) is 0 Å². The van der Waals surface area contributed by atoms with Gasteiger partial charge in [-0.3, -0.25) is 4.90 Å². The maximum atomic E-state index is 3.65. The first-order valence-electron chi connectivity index (χ1n) is 7.17. The van der Waals surface area contributed by atoms with Gasteiger partial charge in [-0.15, -0.1) is 0 Å². The molecule has 0 spiro atoms. The van der Waals surface area contributed by atoms with Crippen LogP contribution >= 0.6 is 0 Å². The number of rotatable bonds is 6. The van der Waals surface area contributed by atoms with Crippen LogP contribution in [0.1, 0.15) is 59.8 Å². The highest BCUT2D eigenvalue weighted by Crippen LogP contribution is 2.27. The van der Waals surface area contributed by atoms with E-state index in [4.69, 9.17) is 0 Å². The molecule has 2 heteroatoms. The zero-order chi connectivity index (χ0) is 12.0. The van der Waals surface area contributed by atoms with Gasteiger partial charge in [0, 0.05) is 24.7 Å². The van der Waals surface area contributed by atoms with E-state index < -0.39 is 0 Å². The molecule has 1 heterocycles. The van der Waals surface area contributed by atoms with E-state index in [0.717, 1.165) is 0 Å². The molecule has 0 amide bonds. The highest BCUT2D eigenvalue weighted by Gasteiger charge is 2.36. The van der Waals surface area contributed by atoms with E-state index in [1.54, 1.807) is 0 Å². The third-order valence-corrected chi connectivity index (χ3v) is 4.29. The molecule has 1 N–H and O–H groups in total. The lowest BCUT2D eigenvalue weighted by Crippen LogP contribution is -2.63. The molecule has 0 aromatic carbocycles. The molecule has 2 nitrogen and oxygen atoms in total. The van der Waals surface area contributed by atoms with E-state index in [9.17, 15) is 0 Å². The molecule has 1 aliphatic heterocycles. The SMILES string of the molecule is CCCCCN1CC(C)NCC1(CC)CC. The molecule has 96 valence electrons. The Morgan fingerprint density at radius 2 is 1.88 bits per heavy atom. The summed E-state index contributed by atoms with van der Waals surface area (Å²) in [5.41, 5.74) is 0.431. The molecule has 0 radical (unpaired) electrons. The second-order valence-electron chi connectivity index (χ2n) is 5.37. The van der Waals surface area contributed by atoms with Crippen LogP contribution < -0.4 is 5.32 Å². The summed E-state index contributed by atoms with van der Waals surface area (Å²) in [6.07, 6.45) is 6.62. The monoisotopic (exact) mass is 226 g/mol. The van der Waals surface area contributed by atoms with Crippen LogP contribution in [0.3, 0.4) is 0 Å². The maximum absolute atomic E-state index is 3.65. The first-order valence-corrected chi connectivity index (χ1v) is 7.17. The second kappa shape index (κ2) is 6.61. The van der Waals surface area contributed by atoms with Crippen molar-refractivity contribution in [3.8, 4) is 0 Å². The third kappa shape index (κ3) is 3.21. The summed E-state index contributed by atoms with van der Waals surface area (Å²) >= 11 is 0. The van der Waals surface area contributed by atoms with Crippen molar-refractivity contribution in [2.45, 2.75) is 71.4 Å². The first kappa shape index (κ1) is 14.0. The Morgan fingerprint density at radius 1 is 1.19 bits per heavy atom. The van der Waals surface area contributed by atoms with Crippen LogP contribution in [-0.4, -0.2) is 36.1 Å². The van der Waals surface area contributed by atoms with Crippen molar-refractivity contribution in [1.29, 1.82) is 0 Å². The summed E-state index contributed by atoms with van der Waals surface area (Å²) in [5.74, 6) is 0. The molecule has 1 atom stereocenters. The van der Waals surface area contributed by atoms with Crippen molar-refractivity contribution >= 4 is 0 Å². The number of nitrogens with one attached hydrogen (secondary N) is 1. The van der Waals surface area contributed by atoms with Gasteiger partial charge in [-0.1, -0.05) is 33.6 Å². The summed E-state index contributed by atoms with van der Waals surface area (Å²) in [7, 11) is 0. The molecule has 1 saturated heterocycles. The van der Waals surface area contributed by atoms with Gasteiger partial charge in [-0.05, 0) is 32.7 Å². The normalized spacial score (nSPS) is 25.9. The molecule has 1 aliphatic rings. The smallest absolute Gasteiger partial charge is 0.0329 e. The minimum atomic E-state index is 0.431. The lowest BCUT2D eigenvalue weighted by atomic mass is 9.87. The average Bonchev–Trinajstić information content (AvgIpc) is 2.31. The van der Waals surface area contributed by atoms with E-state index >= 15 is 0 Å². The molecule has 0 aliphatic carbocycles. The Morgan fingerprint density at radius 3 is 2.44 bits per heavy atom. The van der Waals surface area contributed by atoms with Crippen LogP contribution in [0.25, 0.3) is 0 Å². The largest absolute Gasteiger partial charge is 0.311 e. The van der Waals surface area contributed by atoms with Gasteiger partial charge >= 0.3 is 0 Å². The summed E-state index contributed by atoms with van der Waals surface area (Å²) in [6.45, 7) is 13.0. The number of hydrogen-bond acceptors (Lipinski definition) is 2. The fourth-order valence-corrected chi connectivity index (χ4v) is 2.89. The number of hydrogen-bond donors (Lipinski definition) is 1. The predicted octanol–water partition coefficient (Wildman–Crippen LogP) is 3.03. The van der Waals surface area contributed by atoms with Crippen LogP contribution in [0.2, 0.25) is 0 Å². The molecule has 16 heavy (non-hydrogen) atoms. The van der Waals surface area contributed by atoms with Crippen molar-refractivity contribution in [1.82, 2.24) is 10.2 Å². The number of nitrogens with zero attached hydrogens (tertiary/aromatic N) is 1. The number of piperazine rings is 1. The zero-order valence-electron chi connectivity index (χ0n) is 11.7. The fraction of sp³-hybridized carbons (Fsp3) is 1.00. The summed E-state index contributed by atoms with van der Waals surface area (Å²) < 4.78 is 0. The molecule has 0 saturated carbocycles. The maximum Gasteiger partial charge on any atom is 0.0329 e. The summed E-state index contributed by atoms with van der Waals surface area (Å²) in [4.78, 5) is 2.75. The molecular formula is C14H30N2. The van der Waals surface area contributed by atoms with E-state index in [1.165, 1.54) is 51.7 Å². The van der Waals surface area contributed by atoms with Gasteiger partial charge < -0.3 is 5.32 Å². The van der Waals surface area contributed by atoms with Crippen molar-refractivity contribution in [3.63, 3.8) is 0 Å². The van der Waals surface area contributed by atoms with Crippen molar-refractivity contribution in [3.05, 3.63) is 0 Å². The minimum Gasteiger partial charge on any atom is -0.311 e. The molecule has 0 aromatic rings. The molecule has 0 aromatic heterocycles. The van der Waals surface area contributed by atoms with Gasteiger partial charge in [0.15, 0.2) is 0 Å². The zero-order valence-corrected chi connectivity index (χ0v) is 11.7. The summed E-state index contributed by atoms with van der Waals surface area (Å²) in [5, 5.41) is 3.65. The van der Waals surface area contributed by atoms with E-state index in [0.29, 0.717) is 11.6 Å². The van der Waals surface area contributed by atoms with Crippen LogP contribution in [0.4, 0.5) is 0 Å². The Labute approximate surface area is 102 Å². The lowest BCUT2D eigenvalue weighted by Gasteiger charge is -2.49. The van der Waals surface area contributed by atoms with Crippen LogP contribution in [0.15, 0.2) is 0 Å². The van der Waals surface area contributed by atoms with Gasteiger partial charge in [-0.2, -0.15) is 0 Å². The molecule has 1 rings (SSSR count). The Bertz CT molecular complexity index is 187. The van der Waals surface area contributed by atoms with Gasteiger partial charge in [0.2, 0.25) is 0 Å². The van der Waals surface area contributed by atoms with Crippen molar-refractivity contribution in [2.24, 2.45) is 0 Å². The standard InChI is InChI=1S/C14H30N2/c1-5-8-9-10-16-11-13(4)15-12-14(16,6-2)7-3/h13,15H,5-12H2,1-4H3.